The lowest BCUT2D eigenvalue weighted by atomic mass is 10.0. The molecule has 1 unspecified atom stereocenters. The van der Waals surface area contributed by atoms with Crippen molar-refractivity contribution in [2.45, 2.75) is 55.1 Å². The van der Waals surface area contributed by atoms with E-state index in [1.165, 1.54) is 28.2 Å². The summed E-state index contributed by atoms with van der Waals surface area (Å²) in [6, 6.07) is 3.62. The second-order valence-electron chi connectivity index (χ2n) is 7.30. The van der Waals surface area contributed by atoms with Crippen LogP contribution in [0.15, 0.2) is 29.2 Å². The molecule has 2 aliphatic rings. The van der Waals surface area contributed by atoms with E-state index in [4.69, 9.17) is 9.57 Å². The normalized spacial score (nSPS) is 26.0. The molecule has 28 heavy (non-hydrogen) atoms. The average molecular weight is 433 g/mol. The van der Waals surface area contributed by atoms with Crippen LogP contribution >= 0.6 is 11.8 Å². The lowest BCUT2D eigenvalue weighted by Gasteiger charge is -2.43. The number of carbonyl (C=O) groups excluding carboxylic acids is 1. The number of halogens is 1. The minimum absolute atomic E-state index is 0.0501. The largest absolute Gasteiger partial charge is 0.350 e. The van der Waals surface area contributed by atoms with Gasteiger partial charge in [-0.1, -0.05) is 0 Å². The van der Waals surface area contributed by atoms with Crippen LogP contribution in [0.4, 0.5) is 4.39 Å². The minimum atomic E-state index is -3.98. The zero-order chi connectivity index (χ0) is 20.4. The van der Waals surface area contributed by atoms with Crippen molar-refractivity contribution < 1.29 is 27.2 Å². The Morgan fingerprint density at radius 3 is 2.68 bits per heavy atom. The fraction of sp³-hybridized carbons (Fsp3) is 0.611. The van der Waals surface area contributed by atoms with Gasteiger partial charge in [0.1, 0.15) is 11.9 Å². The number of benzene rings is 1. The fourth-order valence-corrected chi connectivity index (χ4v) is 6.49. The van der Waals surface area contributed by atoms with Gasteiger partial charge >= 0.3 is 0 Å². The molecule has 0 spiro atoms. The molecule has 1 aromatic carbocycles. The highest BCUT2D eigenvalue weighted by Gasteiger charge is 2.48. The first-order valence-electron chi connectivity index (χ1n) is 9.20. The third kappa shape index (κ3) is 4.68. The monoisotopic (exact) mass is 432 g/mol. The zero-order valence-corrected chi connectivity index (χ0v) is 17.5. The van der Waals surface area contributed by atoms with Crippen LogP contribution in [0.3, 0.4) is 0 Å². The van der Waals surface area contributed by atoms with Crippen LogP contribution in [0.25, 0.3) is 0 Å². The van der Waals surface area contributed by atoms with Gasteiger partial charge in [-0.05, 0) is 51.0 Å². The van der Waals surface area contributed by atoms with Crippen molar-refractivity contribution >= 4 is 27.7 Å². The molecule has 3 rings (SSSR count). The van der Waals surface area contributed by atoms with Crippen molar-refractivity contribution in [3.05, 3.63) is 30.1 Å². The van der Waals surface area contributed by atoms with Crippen LogP contribution in [0.2, 0.25) is 0 Å². The van der Waals surface area contributed by atoms with E-state index in [0.29, 0.717) is 18.8 Å². The summed E-state index contributed by atoms with van der Waals surface area (Å²) in [5.74, 6) is -0.523. The van der Waals surface area contributed by atoms with E-state index >= 15 is 0 Å². The summed E-state index contributed by atoms with van der Waals surface area (Å²) in [6.07, 6.45) is 2.03. The van der Waals surface area contributed by atoms with Gasteiger partial charge in [-0.25, -0.2) is 23.1 Å². The molecule has 1 aromatic rings. The number of carbonyl (C=O) groups is 1. The van der Waals surface area contributed by atoms with E-state index in [0.717, 1.165) is 25.0 Å². The van der Waals surface area contributed by atoms with Crippen molar-refractivity contribution in [1.82, 2.24) is 9.79 Å². The number of nitrogens with one attached hydrogen (secondary N) is 1. The second-order valence-corrected chi connectivity index (χ2v) is 10.9. The number of thioether (sulfide) groups is 1. The van der Waals surface area contributed by atoms with Crippen molar-refractivity contribution in [2.24, 2.45) is 0 Å². The Hall–Kier alpha value is -1.20. The number of rotatable bonds is 5. The predicted octanol–water partition coefficient (Wildman–Crippen LogP) is 2.28. The number of nitrogens with zero attached hydrogens (tertiary/aromatic N) is 1. The van der Waals surface area contributed by atoms with Crippen LogP contribution in [0, 0.1) is 5.82 Å². The van der Waals surface area contributed by atoms with Gasteiger partial charge in [-0.2, -0.15) is 16.1 Å². The maximum atomic E-state index is 13.2. The van der Waals surface area contributed by atoms with E-state index in [2.05, 4.69) is 5.48 Å². The smallest absolute Gasteiger partial charge is 0.263 e. The average Bonchev–Trinajstić information content (AvgIpc) is 2.66. The lowest BCUT2D eigenvalue weighted by Crippen LogP contribution is -2.61. The summed E-state index contributed by atoms with van der Waals surface area (Å²) in [5.41, 5.74) is 2.40. The van der Waals surface area contributed by atoms with Crippen LogP contribution in [-0.2, 0) is 24.4 Å². The van der Waals surface area contributed by atoms with Gasteiger partial charge in [0.2, 0.25) is 10.0 Å². The summed E-state index contributed by atoms with van der Waals surface area (Å²) in [7, 11) is -3.98. The summed E-state index contributed by atoms with van der Waals surface area (Å²) in [6.45, 7) is 4.39. The fourth-order valence-electron chi connectivity index (χ4n) is 3.38. The molecular formula is C18H25FN2O5S2. The van der Waals surface area contributed by atoms with Crippen LogP contribution in [-0.4, -0.2) is 54.6 Å². The minimum Gasteiger partial charge on any atom is -0.350 e. The molecule has 0 bridgehead atoms. The van der Waals surface area contributed by atoms with E-state index < -0.39 is 38.8 Å². The molecule has 156 valence electrons. The second kappa shape index (κ2) is 8.66. The SMILES string of the molecule is CC1(C)SCCN(S(=O)(=O)c2ccc(F)cc2)[C@@H]1C(=O)NOC1CCCCO1. The first-order valence-corrected chi connectivity index (χ1v) is 11.6. The van der Waals surface area contributed by atoms with Crippen LogP contribution in [0.1, 0.15) is 33.1 Å². The Kier molecular flexibility index (Phi) is 6.65. The summed E-state index contributed by atoms with van der Waals surface area (Å²) in [4.78, 5) is 18.2. The van der Waals surface area contributed by atoms with Crippen molar-refractivity contribution in [1.29, 1.82) is 0 Å². The van der Waals surface area contributed by atoms with Gasteiger partial charge < -0.3 is 4.74 Å². The lowest BCUT2D eigenvalue weighted by molar-refractivity contribution is -0.202. The van der Waals surface area contributed by atoms with Gasteiger partial charge in [0.05, 0.1) is 4.90 Å². The van der Waals surface area contributed by atoms with E-state index in [1.54, 1.807) is 0 Å². The van der Waals surface area contributed by atoms with Gasteiger partial charge in [0.25, 0.3) is 5.91 Å². The topological polar surface area (TPSA) is 84.9 Å². The summed E-state index contributed by atoms with van der Waals surface area (Å²) in [5, 5.41) is 0. The molecule has 0 aromatic heterocycles. The number of sulfonamides is 1. The molecular weight excluding hydrogens is 407 g/mol. The van der Waals surface area contributed by atoms with Crippen molar-refractivity contribution in [3.63, 3.8) is 0 Å². The molecule has 1 N–H and O–H groups in total. The molecule has 2 atom stereocenters. The first kappa shape index (κ1) is 21.5. The number of ether oxygens (including phenoxy) is 1. The molecule has 10 heteroatoms. The Bertz CT molecular complexity index is 795. The highest BCUT2D eigenvalue weighted by Crippen LogP contribution is 2.38. The molecule has 1 amide bonds. The zero-order valence-electron chi connectivity index (χ0n) is 15.9. The third-order valence-electron chi connectivity index (χ3n) is 4.83. The highest BCUT2D eigenvalue weighted by molar-refractivity contribution is 8.00. The molecule has 7 nitrogen and oxygen atoms in total. The Morgan fingerprint density at radius 1 is 1.32 bits per heavy atom. The van der Waals surface area contributed by atoms with Gasteiger partial charge in [-0.3, -0.25) is 4.79 Å². The predicted molar refractivity (Wildman–Crippen MR) is 103 cm³/mol. The highest BCUT2D eigenvalue weighted by atomic mass is 32.2. The Balaban J connectivity index is 1.81. The number of hydrogen-bond acceptors (Lipinski definition) is 6. The van der Waals surface area contributed by atoms with Gasteiger partial charge in [0, 0.05) is 30.1 Å². The molecule has 2 fully saturated rings. The van der Waals surface area contributed by atoms with E-state index in [-0.39, 0.29) is 11.4 Å². The Morgan fingerprint density at radius 2 is 2.04 bits per heavy atom. The summed E-state index contributed by atoms with van der Waals surface area (Å²) >= 11 is 1.52. The van der Waals surface area contributed by atoms with E-state index in [9.17, 15) is 17.6 Å². The molecule has 2 aliphatic heterocycles. The standard InChI is InChI=1S/C18H25FN2O5S2/c1-18(2)16(17(22)20-26-15-5-3-4-11-25-15)21(10-12-27-18)28(23,24)14-8-6-13(19)7-9-14/h6-9,15-16H,3-5,10-12H2,1-2H3,(H,20,22)/t15?,16-/m1/s1. The van der Waals surface area contributed by atoms with Gasteiger partial charge in [-0.15, -0.1) is 0 Å². The molecule has 0 aliphatic carbocycles. The van der Waals surface area contributed by atoms with Gasteiger partial charge in [0.15, 0.2) is 6.29 Å². The number of amides is 1. The number of hydrogen-bond donors (Lipinski definition) is 1. The maximum absolute atomic E-state index is 13.2. The van der Waals surface area contributed by atoms with Crippen molar-refractivity contribution in [3.8, 4) is 0 Å². The summed E-state index contributed by atoms with van der Waals surface area (Å²) < 4.78 is 45.5. The Labute approximate surface area is 169 Å². The maximum Gasteiger partial charge on any atom is 0.263 e. The molecule has 0 radical (unpaired) electrons. The van der Waals surface area contributed by atoms with Crippen molar-refractivity contribution in [2.75, 3.05) is 18.9 Å². The first-order chi connectivity index (χ1) is 13.2. The van der Waals surface area contributed by atoms with E-state index in [1.807, 2.05) is 13.8 Å². The molecule has 0 saturated carbocycles. The molecule has 2 heterocycles. The third-order valence-corrected chi connectivity index (χ3v) is 8.06. The number of hydroxylamine groups is 1. The van der Waals surface area contributed by atoms with Crippen LogP contribution in [0.5, 0.6) is 0 Å². The quantitative estimate of drug-likeness (QED) is 0.719. The molecule has 2 saturated heterocycles. The van der Waals surface area contributed by atoms with Crippen LogP contribution < -0.4 is 5.48 Å².